The molecule has 3 aliphatic heterocycles. The number of rotatable bonds is 19. The van der Waals surface area contributed by atoms with E-state index in [2.05, 4.69) is 46.2 Å². The molecule has 14 N–H and O–H groups in total. The van der Waals surface area contributed by atoms with Crippen molar-refractivity contribution in [3.63, 3.8) is 0 Å². The minimum atomic E-state index is -2.23. The van der Waals surface area contributed by atoms with Crippen LogP contribution in [0, 0.1) is 5.92 Å². The number of carbonyl (C=O) groups is 8. The van der Waals surface area contributed by atoms with E-state index >= 15 is 0 Å². The van der Waals surface area contributed by atoms with E-state index in [1.807, 2.05) is 55.5 Å². The number of nitrogens with two attached hydrogens (primary N) is 1. The van der Waals surface area contributed by atoms with Gasteiger partial charge in [0.05, 0.1) is 49.7 Å². The summed E-state index contributed by atoms with van der Waals surface area (Å²) in [4.78, 5) is 115. The monoisotopic (exact) mass is 1320 g/mol. The van der Waals surface area contributed by atoms with Crippen molar-refractivity contribution in [1.29, 1.82) is 0 Å². The smallest absolute Gasteiger partial charge is 0.691 e. The van der Waals surface area contributed by atoms with Crippen LogP contribution in [-0.4, -0.2) is 202 Å². The number of aromatic nitrogens is 2. The number of aromatic hydroxyl groups is 1. The molecule has 0 spiro atoms. The van der Waals surface area contributed by atoms with E-state index in [4.69, 9.17) is 14.7 Å². The number of aliphatic hydroxyl groups excluding tert-OH is 6. The summed E-state index contributed by atoms with van der Waals surface area (Å²) in [6.45, 7) is 3.49. The maximum Gasteiger partial charge on any atom is 1.00 e. The van der Waals surface area contributed by atoms with Crippen molar-refractivity contribution in [3.8, 4) is 49.5 Å². The van der Waals surface area contributed by atoms with Gasteiger partial charge in [0, 0.05) is 61.5 Å². The van der Waals surface area contributed by atoms with Crippen LogP contribution in [0.25, 0.3) is 32.3 Å². The normalized spacial score (nSPS) is 24.5. The number of phenolic OH excluding ortho intramolecular Hbond substituents is 1. The predicted molar refractivity (Wildman–Crippen MR) is 319 cm³/mol. The molecule has 4 heterocycles. The van der Waals surface area contributed by atoms with E-state index in [-0.39, 0.29) is 58.8 Å². The predicted octanol–water partition coefficient (Wildman–Crippen LogP) is -4.97. The Balaban J connectivity index is 0.0000120. The Hall–Kier alpha value is -7.41. The first-order chi connectivity index (χ1) is 43.4. The number of aliphatic hydroxyl groups is 6. The van der Waals surface area contributed by atoms with E-state index in [1.54, 1.807) is 12.1 Å². The summed E-state index contributed by atoms with van der Waals surface area (Å²) < 4.78 is 14.9. The summed E-state index contributed by atoms with van der Waals surface area (Å²) in [6.07, 6.45) is -12.8. The number of hydrogen-bond acceptors (Lipinski definition) is 24. The van der Waals surface area contributed by atoms with Gasteiger partial charge >= 0.3 is 29.6 Å². The molecule has 13 atom stereocenters. The van der Waals surface area contributed by atoms with Crippen molar-refractivity contribution in [3.05, 3.63) is 102 Å². The number of primary amides is 1. The first-order valence-corrected chi connectivity index (χ1v) is 30.3. The minimum Gasteiger partial charge on any atom is -0.691 e. The molecule has 5 aromatic rings. The molecule has 0 aliphatic carbocycles. The van der Waals surface area contributed by atoms with Crippen molar-refractivity contribution < 1.29 is 127 Å². The zero-order valence-electron chi connectivity index (χ0n) is 50.2. The molecule has 3 saturated heterocycles. The van der Waals surface area contributed by atoms with E-state index < -0.39 is 177 Å². The van der Waals surface area contributed by atoms with Crippen LogP contribution in [0.4, 0.5) is 0 Å². The number of phenols is 1. The van der Waals surface area contributed by atoms with Crippen LogP contribution in [0.2, 0.25) is 0 Å². The maximum absolute atomic E-state index is 14.7. The minimum absolute atomic E-state index is 0. The van der Waals surface area contributed by atoms with Crippen LogP contribution >= 0.6 is 23.7 Å². The summed E-state index contributed by atoms with van der Waals surface area (Å²) in [5, 5.41) is 114. The Labute approximate surface area is 556 Å². The van der Waals surface area contributed by atoms with Crippen LogP contribution in [0.15, 0.2) is 91.0 Å². The molecule has 92 heavy (non-hydrogen) atoms. The van der Waals surface area contributed by atoms with Crippen molar-refractivity contribution >= 4 is 70.9 Å². The zero-order valence-corrected chi connectivity index (χ0v) is 53.8. The summed E-state index contributed by atoms with van der Waals surface area (Å²) in [7, 11) is 0. The molecule has 0 bridgehead atoms. The quantitative estimate of drug-likeness (QED) is 0.0121. The van der Waals surface area contributed by atoms with Gasteiger partial charge in [-0.25, -0.2) is 0 Å². The van der Waals surface area contributed by atoms with Gasteiger partial charge in [0.25, 0.3) is 18.2 Å². The number of β-amino-alcohol motifs (C(OH)–C–C–N with tert-alkyl or cyclic N) is 1. The van der Waals surface area contributed by atoms with Gasteiger partial charge in [-0.2, -0.15) is 0 Å². The number of amides is 8. The second-order valence-electron chi connectivity index (χ2n) is 22.2. The van der Waals surface area contributed by atoms with E-state index in [1.165, 1.54) is 36.5 Å². The first kappa shape index (κ1) is 72.0. The van der Waals surface area contributed by atoms with Gasteiger partial charge in [0.15, 0.2) is 11.5 Å². The molecule has 4 aromatic carbocycles. The number of fused-ring (bicyclic) bond motifs is 2. The van der Waals surface area contributed by atoms with Crippen molar-refractivity contribution in [2.24, 2.45) is 11.7 Å². The fraction of sp³-hybridized carbons (Fsp3) is 0.424. The Morgan fingerprint density at radius 2 is 1.36 bits per heavy atom. The van der Waals surface area contributed by atoms with E-state index in [0.717, 1.165) is 57.7 Å². The van der Waals surface area contributed by atoms with Gasteiger partial charge in [0.1, 0.15) is 52.0 Å². The largest absolute Gasteiger partial charge is 1.00 e. The number of benzene rings is 4. The molecule has 13 unspecified atom stereocenters. The molecule has 3 fully saturated rings. The van der Waals surface area contributed by atoms with Crippen molar-refractivity contribution in [1.82, 2.24) is 46.6 Å². The molecule has 488 valence electrons. The number of ether oxygens (including phenoxy) is 1. The summed E-state index contributed by atoms with van der Waals surface area (Å²) >= 11 is 1.28. The Bertz CT molecular complexity index is 3410. The fourth-order valence-electron chi connectivity index (χ4n) is 10.6. The summed E-state index contributed by atoms with van der Waals surface area (Å²) in [5.41, 5.74) is 8.83. The second-order valence-corrected chi connectivity index (χ2v) is 23.6. The standard InChI is InChI=1S/C59H70N10O20S2.Na/c1-4-19-86-38-16-14-32(15-17-38)31-6-10-34(11-7-31)56-66-67-57(90-56)35-12-8-33(9-13-35)51(78)62-39-22-36(71)25-61-55(82)49-50(77)28(2)26-69(49)59(84)48(43(75)24-45(60)76)65-54(81)47(42(74)20-30-5-18-41(73)44(21-30)87-91-89-88-85)64-53(80)40-23-37(72)27-68(40)58(83)46(29(3)70)63-52(39)79;/h5-18,21,28-29,36-37,39-40,42-43,46-50,70-75,77,85H,4,19-20,22-27H2,1-3H3,(H2,60,76)(H,61,82)(H,62,78)(H,63,79)(H,64,80)(H,65,81);/q;+1/p-1. The van der Waals surface area contributed by atoms with E-state index in [0.29, 0.717) is 22.2 Å². The molecule has 33 heteroatoms. The number of hydrogen-bond donors (Lipinski definition) is 13. The molecule has 0 saturated carbocycles. The average molecular weight is 1330 g/mol. The Kier molecular flexibility index (Phi) is 25.8. The van der Waals surface area contributed by atoms with Crippen LogP contribution in [0.5, 0.6) is 17.2 Å². The first-order valence-electron chi connectivity index (χ1n) is 28.8. The molecule has 1 aromatic heterocycles. The fourth-order valence-corrected chi connectivity index (χ4v) is 11.8. The van der Waals surface area contributed by atoms with Crippen LogP contribution < -0.4 is 76.1 Å². The molecular weight excluding hydrogens is 1260 g/mol. The van der Waals surface area contributed by atoms with Gasteiger partial charge in [-0.3, -0.25) is 43.4 Å². The maximum atomic E-state index is 14.7. The van der Waals surface area contributed by atoms with Crippen LogP contribution in [0.1, 0.15) is 62.4 Å². The average Bonchev–Trinajstić information content (AvgIpc) is 1.63. The third-order valence-electron chi connectivity index (χ3n) is 15.4. The zero-order chi connectivity index (χ0) is 65.8. The van der Waals surface area contributed by atoms with Crippen molar-refractivity contribution in [2.45, 2.75) is 126 Å². The molecule has 30 nitrogen and oxygen atoms in total. The van der Waals surface area contributed by atoms with Crippen LogP contribution in [-0.2, 0) is 49.4 Å². The van der Waals surface area contributed by atoms with Crippen molar-refractivity contribution in [2.75, 3.05) is 26.2 Å². The van der Waals surface area contributed by atoms with Gasteiger partial charge < -0.3 is 92.0 Å². The molecule has 8 amide bonds. The third kappa shape index (κ3) is 18.0. The summed E-state index contributed by atoms with van der Waals surface area (Å²) in [6, 6.07) is 13.3. The van der Waals surface area contributed by atoms with Gasteiger partial charge in [-0.15, -0.1) is 14.5 Å². The van der Waals surface area contributed by atoms with Crippen LogP contribution in [0.3, 0.4) is 0 Å². The van der Waals surface area contributed by atoms with Gasteiger partial charge in [0.2, 0.25) is 41.4 Å². The summed E-state index contributed by atoms with van der Waals surface area (Å²) in [5.74, 6) is -10.4. The molecule has 0 radical (unpaired) electrons. The molecule has 8 rings (SSSR count). The number of nitrogens with zero attached hydrogens (tertiary/aromatic N) is 4. The number of carbonyl (C=O) groups excluding carboxylic acids is 8. The van der Waals surface area contributed by atoms with E-state index in [9.17, 15) is 79.4 Å². The topological polar surface area (TPSA) is 457 Å². The number of nitrogens with one attached hydrogen (secondary N) is 5. The second kappa shape index (κ2) is 32.9. The molecule has 3 aliphatic rings. The Morgan fingerprint density at radius 3 is 1.98 bits per heavy atom. The Morgan fingerprint density at radius 1 is 0.761 bits per heavy atom. The molecular formula is C59H69N10NaO20S2. The third-order valence-corrected chi connectivity index (χ3v) is 16.8. The van der Waals surface area contributed by atoms with Gasteiger partial charge in [-0.1, -0.05) is 79.8 Å². The SMILES string of the molecule is CCCOc1ccc(-c2ccc(-c3nnc(-c4ccc(C(=O)NC5CC(O)CNC(=O)C6C(O)C(C)CN6C(=O)C(C(O)CC(N)=O)NC(=O)C(C(O)Cc6ccc(O)c(OSOO[O-])c6)NC(=O)C6CC(O)CN6C(=O)C(C(C)O)NC5=O)cc4)s3)cc2)cc1.[Na+]. The van der Waals surface area contributed by atoms with Gasteiger partial charge in [-0.05, 0) is 66.4 Å².